The third-order valence-electron chi connectivity index (χ3n) is 4.25. The van der Waals surface area contributed by atoms with E-state index in [2.05, 4.69) is 15.3 Å². The van der Waals surface area contributed by atoms with Crippen molar-refractivity contribution in [1.82, 2.24) is 19.4 Å². The van der Waals surface area contributed by atoms with Crippen LogP contribution in [0.3, 0.4) is 0 Å². The zero-order valence-corrected chi connectivity index (χ0v) is 14.6. The molecular weight excluding hydrogens is 318 g/mol. The summed E-state index contributed by atoms with van der Waals surface area (Å²) < 4.78 is 1.71. The number of nitrogens with one attached hydrogen (secondary N) is 1. The average Bonchev–Trinajstić information content (AvgIpc) is 3.12. The van der Waals surface area contributed by atoms with Crippen LogP contribution < -0.4 is 5.32 Å². The third kappa shape index (κ3) is 4.04. The Labute approximate surface area is 147 Å². The summed E-state index contributed by atoms with van der Waals surface area (Å²) in [4.78, 5) is 34.6. The zero-order valence-electron chi connectivity index (χ0n) is 14.6. The Bertz CT molecular complexity index is 745. The Hall–Kier alpha value is -2.70. The van der Waals surface area contributed by atoms with Gasteiger partial charge in [0.15, 0.2) is 0 Å². The minimum Gasteiger partial charge on any atom is -0.337 e. The predicted octanol–water partition coefficient (Wildman–Crippen LogP) is 2.49. The lowest BCUT2D eigenvalue weighted by Crippen LogP contribution is -2.35. The quantitative estimate of drug-likeness (QED) is 0.926. The molecule has 7 heteroatoms. The van der Waals surface area contributed by atoms with Crippen LogP contribution in [0.4, 0.5) is 5.69 Å². The summed E-state index contributed by atoms with van der Waals surface area (Å²) in [6.07, 6.45) is 8.18. The number of anilines is 1. The highest BCUT2D eigenvalue weighted by Crippen LogP contribution is 2.15. The van der Waals surface area contributed by atoms with Crippen LogP contribution in [0.25, 0.3) is 5.82 Å². The highest BCUT2D eigenvalue weighted by Gasteiger charge is 2.20. The SMILES string of the molecule is CC(C)C(=O)Nc1ccc(-n2cnc(C(=O)N3CCCCC3)c2)nc1. The Kier molecular flexibility index (Phi) is 5.11. The van der Waals surface area contributed by atoms with Crippen molar-refractivity contribution in [3.05, 3.63) is 36.5 Å². The first kappa shape index (κ1) is 17.1. The molecule has 2 amide bonds. The third-order valence-corrected chi connectivity index (χ3v) is 4.25. The zero-order chi connectivity index (χ0) is 17.8. The molecule has 0 aliphatic carbocycles. The molecular formula is C18H23N5O2. The van der Waals surface area contributed by atoms with Crippen molar-refractivity contribution in [2.24, 2.45) is 5.92 Å². The number of hydrogen-bond acceptors (Lipinski definition) is 4. The number of imidazole rings is 1. The van der Waals surface area contributed by atoms with Gasteiger partial charge in [0, 0.05) is 25.2 Å². The van der Waals surface area contributed by atoms with Gasteiger partial charge in [-0.2, -0.15) is 0 Å². The van der Waals surface area contributed by atoms with Crippen molar-refractivity contribution >= 4 is 17.5 Å². The molecule has 25 heavy (non-hydrogen) atoms. The van der Waals surface area contributed by atoms with E-state index in [0.717, 1.165) is 25.9 Å². The number of carbonyl (C=O) groups excluding carboxylic acids is 2. The van der Waals surface area contributed by atoms with Gasteiger partial charge in [0.05, 0.1) is 11.9 Å². The maximum atomic E-state index is 12.5. The molecule has 2 aromatic rings. The maximum Gasteiger partial charge on any atom is 0.274 e. The molecule has 1 aliphatic heterocycles. The number of amides is 2. The fourth-order valence-corrected chi connectivity index (χ4v) is 2.72. The summed E-state index contributed by atoms with van der Waals surface area (Å²) in [6.45, 7) is 5.27. The van der Waals surface area contributed by atoms with Crippen LogP contribution in [0.15, 0.2) is 30.9 Å². The van der Waals surface area contributed by atoms with Crippen molar-refractivity contribution in [2.75, 3.05) is 18.4 Å². The normalized spacial score (nSPS) is 14.6. The molecule has 0 spiro atoms. The number of likely N-dealkylation sites (tertiary alicyclic amines) is 1. The molecule has 132 valence electrons. The molecule has 1 N–H and O–H groups in total. The van der Waals surface area contributed by atoms with E-state index in [1.165, 1.54) is 6.42 Å². The summed E-state index contributed by atoms with van der Waals surface area (Å²) in [5.74, 6) is 0.482. The molecule has 3 heterocycles. The van der Waals surface area contributed by atoms with Gasteiger partial charge in [-0.1, -0.05) is 13.8 Å². The number of aromatic nitrogens is 3. The molecule has 3 rings (SSSR count). The van der Waals surface area contributed by atoms with Gasteiger partial charge >= 0.3 is 0 Å². The van der Waals surface area contributed by atoms with E-state index >= 15 is 0 Å². The average molecular weight is 341 g/mol. The number of carbonyl (C=O) groups is 2. The maximum absolute atomic E-state index is 12.5. The summed E-state index contributed by atoms with van der Waals surface area (Å²) in [5.41, 5.74) is 1.08. The van der Waals surface area contributed by atoms with Crippen LogP contribution in [0.2, 0.25) is 0 Å². The van der Waals surface area contributed by atoms with Gasteiger partial charge in [-0.15, -0.1) is 0 Å². The van der Waals surface area contributed by atoms with Crippen LogP contribution in [0.1, 0.15) is 43.6 Å². The Balaban J connectivity index is 1.69. The highest BCUT2D eigenvalue weighted by atomic mass is 16.2. The lowest BCUT2D eigenvalue weighted by Gasteiger charge is -2.25. The number of piperidine rings is 1. The van der Waals surface area contributed by atoms with E-state index in [4.69, 9.17) is 0 Å². The van der Waals surface area contributed by atoms with E-state index in [-0.39, 0.29) is 17.7 Å². The standard InChI is InChI=1S/C18H23N5O2/c1-13(2)17(24)21-14-6-7-16(19-10-14)23-11-15(20-12-23)18(25)22-8-4-3-5-9-22/h6-7,10-13H,3-5,8-9H2,1-2H3,(H,21,24). The van der Waals surface area contributed by atoms with Crippen LogP contribution >= 0.6 is 0 Å². The molecule has 0 unspecified atom stereocenters. The van der Waals surface area contributed by atoms with Gasteiger partial charge < -0.3 is 10.2 Å². The highest BCUT2D eigenvalue weighted by molar-refractivity contribution is 5.92. The summed E-state index contributed by atoms with van der Waals surface area (Å²) in [6, 6.07) is 3.57. The van der Waals surface area contributed by atoms with Gasteiger partial charge in [0.1, 0.15) is 17.8 Å². The molecule has 0 bridgehead atoms. The number of hydrogen-bond donors (Lipinski definition) is 1. The van der Waals surface area contributed by atoms with Gasteiger partial charge in [0.2, 0.25) is 5.91 Å². The van der Waals surface area contributed by atoms with Crippen molar-refractivity contribution in [1.29, 1.82) is 0 Å². The second-order valence-electron chi connectivity index (χ2n) is 6.57. The van der Waals surface area contributed by atoms with Gasteiger partial charge in [-0.05, 0) is 31.4 Å². The Morgan fingerprint density at radius 3 is 2.52 bits per heavy atom. The first-order chi connectivity index (χ1) is 12.0. The van der Waals surface area contributed by atoms with Crippen molar-refractivity contribution in [3.8, 4) is 5.82 Å². The summed E-state index contributed by atoms with van der Waals surface area (Å²) >= 11 is 0. The fourth-order valence-electron chi connectivity index (χ4n) is 2.72. The molecule has 2 aromatic heterocycles. The minimum absolute atomic E-state index is 0.0285. The van der Waals surface area contributed by atoms with Crippen molar-refractivity contribution in [2.45, 2.75) is 33.1 Å². The smallest absolute Gasteiger partial charge is 0.274 e. The monoisotopic (exact) mass is 341 g/mol. The topological polar surface area (TPSA) is 80.1 Å². The van der Waals surface area contributed by atoms with E-state index in [1.807, 2.05) is 18.7 Å². The molecule has 1 saturated heterocycles. The number of nitrogens with zero attached hydrogens (tertiary/aromatic N) is 4. The predicted molar refractivity (Wildman–Crippen MR) is 94.6 cm³/mol. The second kappa shape index (κ2) is 7.46. The van der Waals surface area contributed by atoms with Gasteiger partial charge in [0.25, 0.3) is 5.91 Å². The second-order valence-corrected chi connectivity index (χ2v) is 6.57. The van der Waals surface area contributed by atoms with E-state index in [9.17, 15) is 9.59 Å². The molecule has 7 nitrogen and oxygen atoms in total. The van der Waals surface area contributed by atoms with Crippen molar-refractivity contribution in [3.63, 3.8) is 0 Å². The van der Waals surface area contributed by atoms with E-state index in [0.29, 0.717) is 17.2 Å². The van der Waals surface area contributed by atoms with E-state index in [1.54, 1.807) is 35.4 Å². The lowest BCUT2D eigenvalue weighted by atomic mass is 10.1. The molecule has 0 atom stereocenters. The minimum atomic E-state index is -0.0864. The van der Waals surface area contributed by atoms with Gasteiger partial charge in [-0.25, -0.2) is 9.97 Å². The van der Waals surface area contributed by atoms with Crippen LogP contribution in [-0.4, -0.2) is 44.3 Å². The van der Waals surface area contributed by atoms with Crippen LogP contribution in [-0.2, 0) is 4.79 Å². The van der Waals surface area contributed by atoms with Crippen molar-refractivity contribution < 1.29 is 9.59 Å². The largest absolute Gasteiger partial charge is 0.337 e. The molecule has 0 saturated carbocycles. The Morgan fingerprint density at radius 1 is 1.12 bits per heavy atom. The Morgan fingerprint density at radius 2 is 1.88 bits per heavy atom. The molecule has 1 aliphatic rings. The molecule has 1 fully saturated rings. The number of pyridine rings is 1. The number of rotatable bonds is 4. The van der Waals surface area contributed by atoms with Gasteiger partial charge in [-0.3, -0.25) is 14.2 Å². The summed E-state index contributed by atoms with van der Waals surface area (Å²) in [7, 11) is 0. The van der Waals surface area contributed by atoms with E-state index < -0.39 is 0 Å². The molecule has 0 aromatic carbocycles. The van der Waals surface area contributed by atoms with Crippen LogP contribution in [0, 0.1) is 5.92 Å². The molecule has 0 radical (unpaired) electrons. The first-order valence-corrected chi connectivity index (χ1v) is 8.65. The summed E-state index contributed by atoms with van der Waals surface area (Å²) in [5, 5.41) is 2.80. The lowest BCUT2D eigenvalue weighted by molar-refractivity contribution is -0.118. The first-order valence-electron chi connectivity index (χ1n) is 8.65. The van der Waals surface area contributed by atoms with Crippen LogP contribution in [0.5, 0.6) is 0 Å². The fraction of sp³-hybridized carbons (Fsp3) is 0.444.